The fourth-order valence-electron chi connectivity index (χ4n) is 4.13. The first kappa shape index (κ1) is 20.4. The quantitative estimate of drug-likeness (QED) is 0.727. The molecule has 0 unspecified atom stereocenters. The smallest absolute Gasteiger partial charge is 0.224 e. The van der Waals surface area contributed by atoms with Crippen LogP contribution in [0.2, 0.25) is 0 Å². The van der Waals surface area contributed by atoms with Gasteiger partial charge in [0.05, 0.1) is 12.7 Å². The number of ether oxygens (including phenoxy) is 2. The highest BCUT2D eigenvalue weighted by Gasteiger charge is 2.34. The van der Waals surface area contributed by atoms with Crippen LogP contribution in [0, 0.1) is 11.8 Å². The summed E-state index contributed by atoms with van der Waals surface area (Å²) in [6.45, 7) is 5.06. The van der Waals surface area contributed by atoms with E-state index in [1.165, 1.54) is 5.56 Å². The Bertz CT molecular complexity index is 755. The molecule has 2 aromatic rings. The van der Waals surface area contributed by atoms with Crippen LogP contribution < -0.4 is 10.1 Å². The normalized spacial score (nSPS) is 19.6. The topological polar surface area (TPSA) is 47.6 Å². The average molecular weight is 382 g/mol. The minimum absolute atomic E-state index is 0.0652. The van der Waals surface area contributed by atoms with Crippen LogP contribution in [0.5, 0.6) is 5.75 Å². The number of amides is 1. The zero-order valence-corrected chi connectivity index (χ0v) is 17.1. The highest BCUT2D eigenvalue weighted by molar-refractivity contribution is 5.90. The minimum Gasteiger partial charge on any atom is -0.497 e. The predicted molar refractivity (Wildman–Crippen MR) is 113 cm³/mol. The molecule has 2 atom stereocenters. The summed E-state index contributed by atoms with van der Waals surface area (Å²) in [7, 11) is 1.64. The molecule has 1 fully saturated rings. The summed E-state index contributed by atoms with van der Waals surface area (Å²) in [5.74, 6) is 1.62. The summed E-state index contributed by atoms with van der Waals surface area (Å²) in [6.07, 6.45) is 3.43. The van der Waals surface area contributed by atoms with Gasteiger partial charge in [-0.3, -0.25) is 4.79 Å². The number of hydrogen-bond acceptors (Lipinski definition) is 3. The fourth-order valence-corrected chi connectivity index (χ4v) is 4.13. The number of anilines is 1. The SMILES string of the molecule is COc1ccc(NC(=O)C[C@@H](Cc2ccccc2)[C@H]2CCOC(C)(C)C2)cc1. The molecule has 3 rings (SSSR count). The zero-order chi connectivity index (χ0) is 20.0. The van der Waals surface area contributed by atoms with Gasteiger partial charge in [0, 0.05) is 18.7 Å². The highest BCUT2D eigenvalue weighted by atomic mass is 16.5. The Hall–Kier alpha value is -2.33. The van der Waals surface area contributed by atoms with Gasteiger partial charge in [0.2, 0.25) is 5.91 Å². The van der Waals surface area contributed by atoms with E-state index < -0.39 is 0 Å². The fraction of sp³-hybridized carbons (Fsp3) is 0.458. The molecule has 0 spiro atoms. The molecule has 0 aliphatic carbocycles. The zero-order valence-electron chi connectivity index (χ0n) is 17.1. The molecule has 28 heavy (non-hydrogen) atoms. The van der Waals surface area contributed by atoms with E-state index in [0.717, 1.165) is 37.3 Å². The first-order valence-corrected chi connectivity index (χ1v) is 10.1. The van der Waals surface area contributed by atoms with Crippen LogP contribution in [0.1, 0.15) is 38.7 Å². The Morgan fingerprint density at radius 2 is 1.89 bits per heavy atom. The first-order chi connectivity index (χ1) is 13.4. The van der Waals surface area contributed by atoms with Gasteiger partial charge in [-0.15, -0.1) is 0 Å². The van der Waals surface area contributed by atoms with E-state index >= 15 is 0 Å². The van der Waals surface area contributed by atoms with Crippen molar-refractivity contribution in [3.05, 3.63) is 60.2 Å². The van der Waals surface area contributed by atoms with Crippen molar-refractivity contribution < 1.29 is 14.3 Å². The second-order valence-electron chi connectivity index (χ2n) is 8.29. The van der Waals surface area contributed by atoms with Crippen LogP contribution in [-0.2, 0) is 16.0 Å². The maximum atomic E-state index is 12.8. The molecule has 1 heterocycles. The van der Waals surface area contributed by atoms with Crippen LogP contribution in [-0.4, -0.2) is 25.2 Å². The minimum atomic E-state index is -0.121. The molecule has 0 radical (unpaired) electrons. The van der Waals surface area contributed by atoms with E-state index in [1.54, 1.807) is 7.11 Å². The van der Waals surface area contributed by atoms with Gasteiger partial charge < -0.3 is 14.8 Å². The van der Waals surface area contributed by atoms with E-state index in [1.807, 2.05) is 30.3 Å². The van der Waals surface area contributed by atoms with Crippen LogP contribution in [0.4, 0.5) is 5.69 Å². The van der Waals surface area contributed by atoms with E-state index in [4.69, 9.17) is 9.47 Å². The summed E-state index contributed by atoms with van der Waals surface area (Å²) in [6, 6.07) is 17.9. The highest BCUT2D eigenvalue weighted by Crippen LogP contribution is 2.36. The predicted octanol–water partition coefficient (Wildman–Crippen LogP) is 5.09. The van der Waals surface area contributed by atoms with Crippen molar-refractivity contribution in [2.75, 3.05) is 19.0 Å². The van der Waals surface area contributed by atoms with Crippen LogP contribution in [0.15, 0.2) is 54.6 Å². The number of methoxy groups -OCH3 is 1. The number of carbonyl (C=O) groups is 1. The summed E-state index contributed by atoms with van der Waals surface area (Å²) in [5, 5.41) is 3.04. The molecule has 1 saturated heterocycles. The third-order valence-electron chi connectivity index (χ3n) is 5.56. The second-order valence-corrected chi connectivity index (χ2v) is 8.29. The molecule has 0 bridgehead atoms. The molecule has 1 aliphatic rings. The Kier molecular flexibility index (Phi) is 6.74. The molecule has 1 amide bonds. The molecule has 4 heteroatoms. The molecule has 1 N–H and O–H groups in total. The summed E-state index contributed by atoms with van der Waals surface area (Å²) in [4.78, 5) is 12.8. The van der Waals surface area contributed by atoms with Gasteiger partial charge >= 0.3 is 0 Å². The van der Waals surface area contributed by atoms with E-state index in [0.29, 0.717) is 18.3 Å². The molecule has 150 valence electrons. The van der Waals surface area contributed by atoms with E-state index in [-0.39, 0.29) is 11.5 Å². The lowest BCUT2D eigenvalue weighted by molar-refractivity contribution is -0.119. The van der Waals surface area contributed by atoms with Crippen molar-refractivity contribution in [2.45, 2.75) is 45.1 Å². The van der Waals surface area contributed by atoms with Crippen molar-refractivity contribution in [1.82, 2.24) is 0 Å². The maximum Gasteiger partial charge on any atom is 0.224 e. The van der Waals surface area contributed by atoms with Crippen molar-refractivity contribution in [3.63, 3.8) is 0 Å². The number of hydrogen-bond donors (Lipinski definition) is 1. The summed E-state index contributed by atoms with van der Waals surface area (Å²) in [5.41, 5.74) is 1.97. The van der Waals surface area contributed by atoms with Gasteiger partial charge in [-0.25, -0.2) is 0 Å². The third kappa shape index (κ3) is 5.83. The van der Waals surface area contributed by atoms with E-state index in [2.05, 4.69) is 43.4 Å². The summed E-state index contributed by atoms with van der Waals surface area (Å²) >= 11 is 0. The average Bonchev–Trinajstić information content (AvgIpc) is 2.68. The number of benzene rings is 2. The Balaban J connectivity index is 1.69. The summed E-state index contributed by atoms with van der Waals surface area (Å²) < 4.78 is 11.1. The van der Waals surface area contributed by atoms with Gasteiger partial charge in [0.1, 0.15) is 5.75 Å². The van der Waals surface area contributed by atoms with Crippen molar-refractivity contribution in [1.29, 1.82) is 0 Å². The number of rotatable bonds is 7. The largest absolute Gasteiger partial charge is 0.497 e. The third-order valence-corrected chi connectivity index (χ3v) is 5.56. The molecule has 0 aromatic heterocycles. The number of nitrogens with one attached hydrogen (secondary N) is 1. The molecule has 4 nitrogen and oxygen atoms in total. The molecule has 1 aliphatic heterocycles. The van der Waals surface area contributed by atoms with E-state index in [9.17, 15) is 4.79 Å². The number of carbonyl (C=O) groups excluding carboxylic acids is 1. The second kappa shape index (κ2) is 9.24. The van der Waals surface area contributed by atoms with Gasteiger partial charge in [0.15, 0.2) is 0 Å². The van der Waals surface area contributed by atoms with Gasteiger partial charge in [-0.05, 0) is 74.8 Å². The van der Waals surface area contributed by atoms with Gasteiger partial charge in [-0.1, -0.05) is 30.3 Å². The lowest BCUT2D eigenvalue weighted by Crippen LogP contribution is -2.38. The Morgan fingerprint density at radius 3 is 2.54 bits per heavy atom. The first-order valence-electron chi connectivity index (χ1n) is 10.1. The molecule has 2 aromatic carbocycles. The monoisotopic (exact) mass is 381 g/mol. The van der Waals surface area contributed by atoms with Gasteiger partial charge in [-0.2, -0.15) is 0 Å². The van der Waals surface area contributed by atoms with Crippen molar-refractivity contribution >= 4 is 11.6 Å². The van der Waals surface area contributed by atoms with Crippen molar-refractivity contribution in [2.24, 2.45) is 11.8 Å². The lowest BCUT2D eigenvalue weighted by atomic mass is 9.75. The van der Waals surface area contributed by atoms with Crippen LogP contribution in [0.25, 0.3) is 0 Å². The van der Waals surface area contributed by atoms with Gasteiger partial charge in [0.25, 0.3) is 0 Å². The van der Waals surface area contributed by atoms with Crippen LogP contribution in [0.3, 0.4) is 0 Å². The lowest BCUT2D eigenvalue weighted by Gasteiger charge is -2.39. The Labute approximate surface area is 168 Å². The van der Waals surface area contributed by atoms with Crippen LogP contribution >= 0.6 is 0 Å². The molecular weight excluding hydrogens is 350 g/mol. The standard InChI is InChI=1S/C24H31NO3/c1-24(2)17-19(13-14-28-24)20(15-18-7-5-4-6-8-18)16-23(26)25-21-9-11-22(27-3)12-10-21/h4-12,19-20H,13-17H2,1-3H3,(H,25,26)/t19-,20+/m0/s1. The molecule has 0 saturated carbocycles. The van der Waals surface area contributed by atoms with Crippen molar-refractivity contribution in [3.8, 4) is 5.75 Å². The maximum absolute atomic E-state index is 12.8. The molecular formula is C24H31NO3. The Morgan fingerprint density at radius 1 is 1.18 bits per heavy atom.